The zero-order chi connectivity index (χ0) is 13.3. The summed E-state index contributed by atoms with van der Waals surface area (Å²) in [4.78, 5) is 19.4. The van der Waals surface area contributed by atoms with E-state index in [4.69, 9.17) is 0 Å². The SMILES string of the molecule is CC(C)(C)c1ncsc1C(=O)N1CCC(O)CC1. The van der Waals surface area contributed by atoms with Crippen LogP contribution in [0.2, 0.25) is 0 Å². The molecule has 1 aromatic heterocycles. The highest BCUT2D eigenvalue weighted by molar-refractivity contribution is 7.11. The van der Waals surface area contributed by atoms with Gasteiger partial charge in [0.15, 0.2) is 0 Å². The number of aliphatic hydroxyl groups excluding tert-OH is 1. The van der Waals surface area contributed by atoms with Gasteiger partial charge in [0.05, 0.1) is 17.3 Å². The topological polar surface area (TPSA) is 53.4 Å². The molecule has 0 aromatic carbocycles. The van der Waals surface area contributed by atoms with Crippen LogP contribution in [0.1, 0.15) is 49.0 Å². The van der Waals surface area contributed by atoms with Crippen molar-refractivity contribution in [1.82, 2.24) is 9.88 Å². The van der Waals surface area contributed by atoms with Gasteiger partial charge in [-0.3, -0.25) is 4.79 Å². The van der Waals surface area contributed by atoms with E-state index in [0.717, 1.165) is 10.6 Å². The van der Waals surface area contributed by atoms with Crippen LogP contribution in [0.5, 0.6) is 0 Å². The van der Waals surface area contributed by atoms with Gasteiger partial charge >= 0.3 is 0 Å². The first-order chi connectivity index (χ1) is 8.39. The summed E-state index contributed by atoms with van der Waals surface area (Å²) in [5.41, 5.74) is 2.51. The molecule has 1 saturated heterocycles. The maximum atomic E-state index is 12.4. The van der Waals surface area contributed by atoms with Crippen LogP contribution in [0.4, 0.5) is 0 Å². The molecule has 2 rings (SSSR count). The average Bonchev–Trinajstić information content (AvgIpc) is 2.77. The van der Waals surface area contributed by atoms with Crippen molar-refractivity contribution in [2.45, 2.75) is 45.1 Å². The fourth-order valence-electron chi connectivity index (χ4n) is 2.14. The Labute approximate surface area is 112 Å². The Morgan fingerprint density at radius 3 is 2.61 bits per heavy atom. The van der Waals surface area contributed by atoms with E-state index in [1.54, 1.807) is 5.51 Å². The molecule has 1 amide bonds. The number of carbonyl (C=O) groups excluding carboxylic acids is 1. The number of likely N-dealkylation sites (tertiary alicyclic amines) is 1. The first-order valence-electron chi connectivity index (χ1n) is 6.31. The lowest BCUT2D eigenvalue weighted by Gasteiger charge is -2.30. The molecule has 0 bridgehead atoms. The number of nitrogens with zero attached hydrogens (tertiary/aromatic N) is 2. The summed E-state index contributed by atoms with van der Waals surface area (Å²) in [5.74, 6) is 0.0642. The number of hydrogen-bond donors (Lipinski definition) is 1. The second-order valence-electron chi connectivity index (χ2n) is 5.80. The number of aromatic nitrogens is 1. The molecule has 2 heterocycles. The number of amides is 1. The molecule has 18 heavy (non-hydrogen) atoms. The first kappa shape index (κ1) is 13.5. The maximum Gasteiger partial charge on any atom is 0.265 e. The van der Waals surface area contributed by atoms with Crippen LogP contribution < -0.4 is 0 Å². The molecule has 1 fully saturated rings. The molecule has 0 atom stereocenters. The van der Waals surface area contributed by atoms with Crippen LogP contribution in [0.15, 0.2) is 5.51 Å². The van der Waals surface area contributed by atoms with Crippen LogP contribution in [-0.2, 0) is 5.41 Å². The normalized spacial score (nSPS) is 18.1. The standard InChI is InChI=1S/C13H20N2O2S/c1-13(2,3)11-10(18-8-14-11)12(17)15-6-4-9(16)5-7-15/h8-9,16H,4-7H2,1-3H3. The van der Waals surface area contributed by atoms with Crippen LogP contribution in [0, 0.1) is 0 Å². The third-order valence-electron chi connectivity index (χ3n) is 3.22. The minimum atomic E-state index is -0.252. The van der Waals surface area contributed by atoms with E-state index in [1.807, 2.05) is 4.90 Å². The zero-order valence-electron chi connectivity index (χ0n) is 11.1. The van der Waals surface area contributed by atoms with Crippen LogP contribution in [0.25, 0.3) is 0 Å². The maximum absolute atomic E-state index is 12.4. The fraction of sp³-hybridized carbons (Fsp3) is 0.692. The smallest absolute Gasteiger partial charge is 0.265 e. The van der Waals surface area contributed by atoms with Crippen molar-refractivity contribution in [3.05, 3.63) is 16.1 Å². The number of aliphatic hydroxyl groups is 1. The molecule has 0 saturated carbocycles. The van der Waals surface area contributed by atoms with Gasteiger partial charge in [-0.05, 0) is 12.8 Å². The van der Waals surface area contributed by atoms with Gasteiger partial charge in [0, 0.05) is 18.5 Å². The lowest BCUT2D eigenvalue weighted by atomic mass is 9.91. The van der Waals surface area contributed by atoms with Crippen molar-refractivity contribution in [1.29, 1.82) is 0 Å². The van der Waals surface area contributed by atoms with Crippen molar-refractivity contribution >= 4 is 17.2 Å². The van der Waals surface area contributed by atoms with Crippen molar-refractivity contribution in [3.8, 4) is 0 Å². The molecule has 0 unspecified atom stereocenters. The molecule has 1 aromatic rings. The molecule has 4 nitrogen and oxygen atoms in total. The van der Waals surface area contributed by atoms with Gasteiger partial charge in [-0.1, -0.05) is 20.8 Å². The highest BCUT2D eigenvalue weighted by Gasteiger charge is 2.29. The summed E-state index contributed by atoms with van der Waals surface area (Å²) in [5, 5.41) is 9.48. The van der Waals surface area contributed by atoms with Gasteiger partial charge in [0.1, 0.15) is 4.88 Å². The second-order valence-corrected chi connectivity index (χ2v) is 6.66. The number of thiazole rings is 1. The average molecular weight is 268 g/mol. The summed E-state index contributed by atoms with van der Waals surface area (Å²) in [6.45, 7) is 7.49. The number of carbonyl (C=O) groups is 1. The molecule has 1 N–H and O–H groups in total. The van der Waals surface area contributed by atoms with Crippen molar-refractivity contribution in [2.24, 2.45) is 0 Å². The Kier molecular flexibility index (Phi) is 3.73. The van der Waals surface area contributed by atoms with E-state index < -0.39 is 0 Å². The van der Waals surface area contributed by atoms with E-state index in [-0.39, 0.29) is 17.4 Å². The third kappa shape index (κ3) is 2.72. The van der Waals surface area contributed by atoms with Gasteiger partial charge in [-0.25, -0.2) is 4.98 Å². The predicted molar refractivity (Wildman–Crippen MR) is 72.0 cm³/mol. The summed E-state index contributed by atoms with van der Waals surface area (Å²) < 4.78 is 0. The van der Waals surface area contributed by atoms with Gasteiger partial charge in [-0.15, -0.1) is 11.3 Å². The second kappa shape index (κ2) is 4.97. The van der Waals surface area contributed by atoms with Crippen molar-refractivity contribution in [2.75, 3.05) is 13.1 Å². The van der Waals surface area contributed by atoms with Crippen LogP contribution in [-0.4, -0.2) is 40.1 Å². The van der Waals surface area contributed by atoms with Gasteiger partial charge in [0.25, 0.3) is 5.91 Å². The molecule has 1 aliphatic rings. The van der Waals surface area contributed by atoms with Gasteiger partial charge < -0.3 is 10.0 Å². The van der Waals surface area contributed by atoms with E-state index >= 15 is 0 Å². The Morgan fingerprint density at radius 2 is 2.06 bits per heavy atom. The van der Waals surface area contributed by atoms with E-state index in [9.17, 15) is 9.90 Å². The van der Waals surface area contributed by atoms with Crippen molar-refractivity contribution in [3.63, 3.8) is 0 Å². The molecule has 0 spiro atoms. The van der Waals surface area contributed by atoms with Crippen LogP contribution >= 0.6 is 11.3 Å². The molecule has 100 valence electrons. The highest BCUT2D eigenvalue weighted by atomic mass is 32.1. The highest BCUT2D eigenvalue weighted by Crippen LogP contribution is 2.28. The Morgan fingerprint density at radius 1 is 1.44 bits per heavy atom. The molecule has 5 heteroatoms. The number of rotatable bonds is 1. The summed E-state index contributed by atoms with van der Waals surface area (Å²) in [6, 6.07) is 0. The molecular formula is C13H20N2O2S. The molecule has 0 radical (unpaired) electrons. The zero-order valence-corrected chi connectivity index (χ0v) is 12.0. The molecular weight excluding hydrogens is 248 g/mol. The largest absolute Gasteiger partial charge is 0.393 e. The minimum Gasteiger partial charge on any atom is -0.393 e. The lowest BCUT2D eigenvalue weighted by Crippen LogP contribution is -2.40. The predicted octanol–water partition coefficient (Wildman–Crippen LogP) is 2.04. The molecule has 1 aliphatic heterocycles. The Bertz CT molecular complexity index is 428. The van der Waals surface area contributed by atoms with Crippen LogP contribution in [0.3, 0.4) is 0 Å². The number of hydrogen-bond acceptors (Lipinski definition) is 4. The van der Waals surface area contributed by atoms with E-state index in [2.05, 4.69) is 25.8 Å². The van der Waals surface area contributed by atoms with Gasteiger partial charge in [0.2, 0.25) is 0 Å². The lowest BCUT2D eigenvalue weighted by molar-refractivity contribution is 0.0548. The minimum absolute atomic E-state index is 0.0642. The Hall–Kier alpha value is -0.940. The number of piperidine rings is 1. The van der Waals surface area contributed by atoms with Crippen molar-refractivity contribution < 1.29 is 9.90 Å². The fourth-order valence-corrected chi connectivity index (χ4v) is 3.11. The Balaban J connectivity index is 2.17. The van der Waals surface area contributed by atoms with E-state index in [1.165, 1.54) is 11.3 Å². The first-order valence-corrected chi connectivity index (χ1v) is 7.19. The van der Waals surface area contributed by atoms with Gasteiger partial charge in [-0.2, -0.15) is 0 Å². The summed E-state index contributed by atoms with van der Waals surface area (Å²) in [7, 11) is 0. The summed E-state index contributed by atoms with van der Waals surface area (Å²) >= 11 is 1.41. The molecule has 0 aliphatic carbocycles. The monoisotopic (exact) mass is 268 g/mol. The van der Waals surface area contributed by atoms with E-state index in [0.29, 0.717) is 25.9 Å². The third-order valence-corrected chi connectivity index (χ3v) is 4.04. The quantitative estimate of drug-likeness (QED) is 0.848. The summed E-state index contributed by atoms with van der Waals surface area (Å²) in [6.07, 6.45) is 1.10.